The number of halogens is 3. The number of hydrogen-bond donors (Lipinski definition) is 1. The van der Waals surface area contributed by atoms with Gasteiger partial charge in [0.05, 0.1) is 0 Å². The van der Waals surface area contributed by atoms with Crippen molar-refractivity contribution in [2.24, 2.45) is 11.7 Å². The quantitative estimate of drug-likeness (QED) is 0.919. The van der Waals surface area contributed by atoms with Gasteiger partial charge in [-0.15, -0.1) is 12.4 Å². The molecule has 102 valence electrons. The molecule has 1 heterocycles. The summed E-state index contributed by atoms with van der Waals surface area (Å²) in [5.74, 6) is -1.05. The van der Waals surface area contributed by atoms with Crippen molar-refractivity contribution in [3.63, 3.8) is 0 Å². The van der Waals surface area contributed by atoms with Gasteiger partial charge in [0.25, 0.3) is 0 Å². The second-order valence-corrected chi connectivity index (χ2v) is 4.89. The Morgan fingerprint density at radius 3 is 2.67 bits per heavy atom. The second kappa shape index (κ2) is 6.45. The van der Waals surface area contributed by atoms with Gasteiger partial charge in [0, 0.05) is 19.1 Å². The molecule has 0 aliphatic carbocycles. The highest BCUT2D eigenvalue weighted by molar-refractivity contribution is 5.85. The van der Waals surface area contributed by atoms with Gasteiger partial charge in [-0.3, -0.25) is 4.90 Å². The van der Waals surface area contributed by atoms with Crippen molar-refractivity contribution >= 4 is 12.4 Å². The van der Waals surface area contributed by atoms with Crippen LogP contribution in [0.4, 0.5) is 8.78 Å². The van der Waals surface area contributed by atoms with E-state index in [9.17, 15) is 8.78 Å². The van der Waals surface area contributed by atoms with E-state index >= 15 is 0 Å². The molecule has 2 nitrogen and oxygen atoms in total. The van der Waals surface area contributed by atoms with E-state index in [0.29, 0.717) is 12.5 Å². The standard InChI is InChI=1S/C13H18F2N2.ClH/c1-9(16)11-4-5-17(8-11)7-10-2-3-12(14)13(15)6-10;/h2-3,6,9,11H,4-5,7-8,16H2,1H3;1H. The van der Waals surface area contributed by atoms with Crippen molar-refractivity contribution in [2.45, 2.75) is 25.9 Å². The molecule has 18 heavy (non-hydrogen) atoms. The van der Waals surface area contributed by atoms with Crippen LogP contribution in [0.3, 0.4) is 0 Å². The molecule has 1 fully saturated rings. The molecule has 2 N–H and O–H groups in total. The third-order valence-electron chi connectivity index (χ3n) is 3.44. The van der Waals surface area contributed by atoms with Gasteiger partial charge >= 0.3 is 0 Å². The maximum Gasteiger partial charge on any atom is 0.159 e. The molecule has 0 saturated carbocycles. The highest BCUT2D eigenvalue weighted by atomic mass is 35.5. The van der Waals surface area contributed by atoms with Crippen molar-refractivity contribution in [3.05, 3.63) is 35.4 Å². The van der Waals surface area contributed by atoms with Crippen LogP contribution in [0.1, 0.15) is 18.9 Å². The van der Waals surface area contributed by atoms with Crippen LogP contribution in [0.5, 0.6) is 0 Å². The minimum Gasteiger partial charge on any atom is -0.328 e. The summed E-state index contributed by atoms with van der Waals surface area (Å²) in [4.78, 5) is 2.24. The van der Waals surface area contributed by atoms with Crippen molar-refractivity contribution in [2.75, 3.05) is 13.1 Å². The van der Waals surface area contributed by atoms with E-state index in [1.54, 1.807) is 6.07 Å². The Labute approximate surface area is 113 Å². The van der Waals surface area contributed by atoms with Crippen LogP contribution in [0, 0.1) is 17.6 Å². The molecule has 0 aromatic heterocycles. The molecular weight excluding hydrogens is 258 g/mol. The van der Waals surface area contributed by atoms with E-state index in [0.717, 1.165) is 25.1 Å². The Morgan fingerprint density at radius 2 is 2.11 bits per heavy atom. The molecular formula is C13H19ClF2N2. The molecule has 5 heteroatoms. The minimum absolute atomic E-state index is 0. The van der Waals surface area contributed by atoms with Crippen molar-refractivity contribution in [1.82, 2.24) is 4.90 Å². The molecule has 1 aliphatic heterocycles. The van der Waals surface area contributed by atoms with Crippen LogP contribution < -0.4 is 5.73 Å². The number of hydrogen-bond acceptors (Lipinski definition) is 2. The molecule has 1 aromatic rings. The van der Waals surface area contributed by atoms with Crippen molar-refractivity contribution in [1.29, 1.82) is 0 Å². The molecule has 1 aromatic carbocycles. The Kier molecular flexibility index (Phi) is 5.50. The molecule has 0 amide bonds. The van der Waals surface area contributed by atoms with Gasteiger partial charge in [-0.05, 0) is 43.5 Å². The third kappa shape index (κ3) is 3.64. The monoisotopic (exact) mass is 276 g/mol. The highest BCUT2D eigenvalue weighted by Crippen LogP contribution is 2.21. The van der Waals surface area contributed by atoms with E-state index < -0.39 is 11.6 Å². The summed E-state index contributed by atoms with van der Waals surface area (Å²) in [6, 6.07) is 4.29. The smallest absolute Gasteiger partial charge is 0.159 e. The van der Waals surface area contributed by atoms with Crippen LogP contribution in [-0.2, 0) is 6.54 Å². The van der Waals surface area contributed by atoms with E-state index in [2.05, 4.69) is 4.90 Å². The van der Waals surface area contributed by atoms with E-state index in [1.165, 1.54) is 12.1 Å². The molecule has 0 bridgehead atoms. The highest BCUT2D eigenvalue weighted by Gasteiger charge is 2.25. The second-order valence-electron chi connectivity index (χ2n) is 4.89. The lowest BCUT2D eigenvalue weighted by Crippen LogP contribution is -2.29. The number of nitrogens with zero attached hydrogens (tertiary/aromatic N) is 1. The topological polar surface area (TPSA) is 29.3 Å². The number of benzene rings is 1. The Bertz CT molecular complexity index is 399. The zero-order chi connectivity index (χ0) is 12.4. The molecule has 2 unspecified atom stereocenters. The molecule has 0 spiro atoms. The number of likely N-dealkylation sites (tertiary alicyclic amines) is 1. The fourth-order valence-electron chi connectivity index (χ4n) is 2.33. The van der Waals surface area contributed by atoms with Crippen LogP contribution in [0.15, 0.2) is 18.2 Å². The molecule has 2 atom stereocenters. The lowest BCUT2D eigenvalue weighted by molar-refractivity contribution is 0.307. The first-order valence-corrected chi connectivity index (χ1v) is 5.98. The van der Waals surface area contributed by atoms with Gasteiger partial charge < -0.3 is 5.73 Å². The Hall–Kier alpha value is -0.710. The average molecular weight is 277 g/mol. The predicted octanol–water partition coefficient (Wildman–Crippen LogP) is 2.56. The third-order valence-corrected chi connectivity index (χ3v) is 3.44. The maximum absolute atomic E-state index is 13.0. The fraction of sp³-hybridized carbons (Fsp3) is 0.538. The van der Waals surface area contributed by atoms with Crippen molar-refractivity contribution in [3.8, 4) is 0 Å². The summed E-state index contributed by atoms with van der Waals surface area (Å²) < 4.78 is 25.8. The van der Waals surface area contributed by atoms with Crippen LogP contribution >= 0.6 is 12.4 Å². The maximum atomic E-state index is 13.0. The lowest BCUT2D eigenvalue weighted by atomic mass is 10.0. The normalized spacial score (nSPS) is 21.7. The number of rotatable bonds is 3. The van der Waals surface area contributed by atoms with E-state index in [4.69, 9.17) is 5.73 Å². The summed E-state index contributed by atoms with van der Waals surface area (Å²) >= 11 is 0. The average Bonchev–Trinajstić information content (AvgIpc) is 2.72. The molecule has 0 radical (unpaired) electrons. The zero-order valence-electron chi connectivity index (χ0n) is 10.4. The largest absolute Gasteiger partial charge is 0.328 e. The Balaban J connectivity index is 0.00000162. The van der Waals surface area contributed by atoms with Crippen LogP contribution in [0.25, 0.3) is 0 Å². The molecule has 1 saturated heterocycles. The SMILES string of the molecule is CC(N)C1CCN(Cc2ccc(F)c(F)c2)C1.Cl. The first-order valence-electron chi connectivity index (χ1n) is 5.98. The summed E-state index contributed by atoms with van der Waals surface area (Å²) in [6.45, 7) is 4.61. The number of nitrogens with two attached hydrogens (primary N) is 1. The van der Waals surface area contributed by atoms with Crippen LogP contribution in [-0.4, -0.2) is 24.0 Å². The van der Waals surface area contributed by atoms with Gasteiger partial charge in [-0.25, -0.2) is 8.78 Å². The fourth-order valence-corrected chi connectivity index (χ4v) is 2.33. The Morgan fingerprint density at radius 1 is 1.39 bits per heavy atom. The zero-order valence-corrected chi connectivity index (χ0v) is 11.2. The summed E-state index contributed by atoms with van der Waals surface area (Å²) in [7, 11) is 0. The first kappa shape index (κ1) is 15.3. The van der Waals surface area contributed by atoms with E-state index in [-0.39, 0.29) is 18.4 Å². The van der Waals surface area contributed by atoms with E-state index in [1.807, 2.05) is 6.92 Å². The summed E-state index contributed by atoms with van der Waals surface area (Å²) in [5, 5.41) is 0. The van der Waals surface area contributed by atoms with Crippen LogP contribution in [0.2, 0.25) is 0 Å². The van der Waals surface area contributed by atoms with Crippen molar-refractivity contribution < 1.29 is 8.78 Å². The van der Waals surface area contributed by atoms with Gasteiger partial charge in [0.2, 0.25) is 0 Å². The molecule has 1 aliphatic rings. The first-order chi connectivity index (χ1) is 8.06. The van der Waals surface area contributed by atoms with Gasteiger partial charge in [-0.1, -0.05) is 6.07 Å². The van der Waals surface area contributed by atoms with Gasteiger partial charge in [0.15, 0.2) is 11.6 Å². The molecule has 2 rings (SSSR count). The predicted molar refractivity (Wildman–Crippen MR) is 70.6 cm³/mol. The lowest BCUT2D eigenvalue weighted by Gasteiger charge is -2.17. The van der Waals surface area contributed by atoms with Gasteiger partial charge in [-0.2, -0.15) is 0 Å². The minimum atomic E-state index is -0.788. The van der Waals surface area contributed by atoms with Gasteiger partial charge in [0.1, 0.15) is 0 Å². The summed E-state index contributed by atoms with van der Waals surface area (Å²) in [5.41, 5.74) is 6.68. The summed E-state index contributed by atoms with van der Waals surface area (Å²) in [6.07, 6.45) is 1.08.